The van der Waals surface area contributed by atoms with Crippen LogP contribution >= 0.6 is 11.3 Å². The quantitative estimate of drug-likeness (QED) is 0.748. The van der Waals surface area contributed by atoms with E-state index in [1.54, 1.807) is 11.3 Å². The second kappa shape index (κ2) is 5.12. The molecular weight excluding hydrogens is 196 g/mol. The van der Waals surface area contributed by atoms with Crippen LogP contribution in [-0.2, 0) is 4.79 Å². The first-order chi connectivity index (χ1) is 6.66. The standard InChI is InChI=1S/C10H16N2OS/c1-8-4-5-14-10(8)9(12(2)3)6-11-7-13/h4-5,7,9H,6H2,1-3H3,(H,11,13). The number of thiophene rings is 1. The molecule has 1 atom stereocenters. The van der Waals surface area contributed by atoms with Gasteiger partial charge in [0.1, 0.15) is 0 Å². The number of rotatable bonds is 5. The van der Waals surface area contributed by atoms with Gasteiger partial charge in [-0.25, -0.2) is 0 Å². The van der Waals surface area contributed by atoms with Crippen molar-refractivity contribution < 1.29 is 4.79 Å². The third kappa shape index (κ3) is 2.56. The van der Waals surface area contributed by atoms with Crippen LogP contribution in [0.4, 0.5) is 0 Å². The Bertz CT molecular complexity index is 296. The van der Waals surface area contributed by atoms with Crippen molar-refractivity contribution in [1.29, 1.82) is 0 Å². The molecule has 1 amide bonds. The zero-order chi connectivity index (χ0) is 10.6. The number of hydrogen-bond donors (Lipinski definition) is 1. The molecule has 0 bridgehead atoms. The van der Waals surface area contributed by atoms with Gasteiger partial charge in [-0.3, -0.25) is 4.79 Å². The lowest BCUT2D eigenvalue weighted by molar-refractivity contribution is -0.109. The summed E-state index contributed by atoms with van der Waals surface area (Å²) in [5.41, 5.74) is 1.29. The highest BCUT2D eigenvalue weighted by molar-refractivity contribution is 7.10. The molecule has 0 aliphatic carbocycles. The SMILES string of the molecule is Cc1ccsc1C(CNC=O)N(C)C. The van der Waals surface area contributed by atoms with Gasteiger partial charge in [0.15, 0.2) is 0 Å². The van der Waals surface area contributed by atoms with E-state index in [2.05, 4.69) is 28.6 Å². The van der Waals surface area contributed by atoms with E-state index in [1.165, 1.54) is 10.4 Å². The van der Waals surface area contributed by atoms with Crippen LogP contribution in [0.25, 0.3) is 0 Å². The molecule has 1 N–H and O–H groups in total. The molecule has 1 heterocycles. The van der Waals surface area contributed by atoms with E-state index in [-0.39, 0.29) is 6.04 Å². The highest BCUT2D eigenvalue weighted by Crippen LogP contribution is 2.26. The van der Waals surface area contributed by atoms with Crippen molar-refractivity contribution in [3.05, 3.63) is 21.9 Å². The Morgan fingerprint density at radius 3 is 2.79 bits per heavy atom. The lowest BCUT2D eigenvalue weighted by atomic mass is 10.1. The van der Waals surface area contributed by atoms with Crippen LogP contribution in [0.2, 0.25) is 0 Å². The highest BCUT2D eigenvalue weighted by Gasteiger charge is 2.16. The Labute approximate surface area is 88.7 Å². The van der Waals surface area contributed by atoms with Crippen molar-refractivity contribution in [2.75, 3.05) is 20.6 Å². The van der Waals surface area contributed by atoms with Crippen LogP contribution < -0.4 is 5.32 Å². The van der Waals surface area contributed by atoms with Gasteiger partial charge in [-0.2, -0.15) is 0 Å². The van der Waals surface area contributed by atoms with E-state index in [4.69, 9.17) is 0 Å². The molecule has 1 unspecified atom stereocenters. The van der Waals surface area contributed by atoms with Crippen molar-refractivity contribution >= 4 is 17.7 Å². The van der Waals surface area contributed by atoms with Gasteiger partial charge in [0.25, 0.3) is 0 Å². The van der Waals surface area contributed by atoms with Crippen LogP contribution in [0.5, 0.6) is 0 Å². The van der Waals surface area contributed by atoms with Crippen LogP contribution in [0, 0.1) is 6.92 Å². The van der Waals surface area contributed by atoms with Gasteiger partial charge in [0.2, 0.25) is 6.41 Å². The Morgan fingerprint density at radius 2 is 2.36 bits per heavy atom. The lowest BCUT2D eigenvalue weighted by Gasteiger charge is -2.23. The molecule has 0 aliphatic heterocycles. The number of amides is 1. The molecule has 0 fully saturated rings. The molecule has 0 aromatic carbocycles. The van der Waals surface area contributed by atoms with E-state index >= 15 is 0 Å². The molecule has 78 valence electrons. The normalized spacial score (nSPS) is 12.9. The van der Waals surface area contributed by atoms with Gasteiger partial charge in [0, 0.05) is 11.4 Å². The van der Waals surface area contributed by atoms with Crippen LogP contribution in [0.1, 0.15) is 16.5 Å². The maximum Gasteiger partial charge on any atom is 0.207 e. The minimum Gasteiger partial charge on any atom is -0.357 e. The van der Waals surface area contributed by atoms with Crippen molar-refractivity contribution in [2.45, 2.75) is 13.0 Å². The van der Waals surface area contributed by atoms with E-state index < -0.39 is 0 Å². The Hall–Kier alpha value is -0.870. The molecule has 3 nitrogen and oxygen atoms in total. The number of nitrogens with one attached hydrogen (secondary N) is 1. The van der Waals surface area contributed by atoms with Gasteiger partial charge < -0.3 is 10.2 Å². The summed E-state index contributed by atoms with van der Waals surface area (Å²) in [5, 5.41) is 4.82. The first-order valence-electron chi connectivity index (χ1n) is 4.54. The average molecular weight is 212 g/mol. The lowest BCUT2D eigenvalue weighted by Crippen LogP contribution is -2.30. The molecule has 0 saturated heterocycles. The second-order valence-electron chi connectivity index (χ2n) is 3.47. The molecule has 0 spiro atoms. The van der Waals surface area contributed by atoms with E-state index in [0.717, 1.165) is 6.41 Å². The summed E-state index contributed by atoms with van der Waals surface area (Å²) in [6.07, 6.45) is 0.749. The summed E-state index contributed by atoms with van der Waals surface area (Å²) in [6.45, 7) is 2.76. The Kier molecular flexibility index (Phi) is 4.10. The van der Waals surface area contributed by atoms with Gasteiger partial charge >= 0.3 is 0 Å². The molecule has 4 heteroatoms. The minimum atomic E-state index is 0.278. The highest BCUT2D eigenvalue weighted by atomic mass is 32.1. The number of hydrogen-bond acceptors (Lipinski definition) is 3. The molecule has 1 aromatic heterocycles. The van der Waals surface area contributed by atoms with E-state index in [1.807, 2.05) is 14.1 Å². The summed E-state index contributed by atoms with van der Waals surface area (Å²) >= 11 is 1.74. The smallest absolute Gasteiger partial charge is 0.207 e. The predicted octanol–water partition coefficient (Wildman–Crippen LogP) is 1.41. The van der Waals surface area contributed by atoms with Crippen LogP contribution in [0.3, 0.4) is 0 Å². The molecule has 1 aromatic rings. The summed E-state index contributed by atoms with van der Waals surface area (Å²) in [6, 6.07) is 2.39. The third-order valence-electron chi connectivity index (χ3n) is 2.22. The van der Waals surface area contributed by atoms with Crippen molar-refractivity contribution in [3.8, 4) is 0 Å². The number of nitrogens with zero attached hydrogens (tertiary/aromatic N) is 1. The molecule has 0 saturated carbocycles. The fraction of sp³-hybridized carbons (Fsp3) is 0.500. The van der Waals surface area contributed by atoms with Gasteiger partial charge in [-0.15, -0.1) is 11.3 Å². The van der Waals surface area contributed by atoms with Crippen molar-refractivity contribution in [3.63, 3.8) is 0 Å². The number of aryl methyl sites for hydroxylation is 1. The van der Waals surface area contributed by atoms with E-state index in [9.17, 15) is 4.79 Å². The summed E-state index contributed by atoms with van der Waals surface area (Å²) in [5.74, 6) is 0. The molecule has 1 rings (SSSR count). The van der Waals surface area contributed by atoms with Crippen molar-refractivity contribution in [2.24, 2.45) is 0 Å². The minimum absolute atomic E-state index is 0.278. The summed E-state index contributed by atoms with van der Waals surface area (Å²) in [4.78, 5) is 13.7. The molecular formula is C10H16N2OS. The van der Waals surface area contributed by atoms with Crippen LogP contribution in [-0.4, -0.2) is 32.0 Å². The molecule has 14 heavy (non-hydrogen) atoms. The summed E-state index contributed by atoms with van der Waals surface area (Å²) < 4.78 is 0. The van der Waals surface area contributed by atoms with E-state index in [0.29, 0.717) is 6.54 Å². The van der Waals surface area contributed by atoms with Gasteiger partial charge in [0.05, 0.1) is 6.04 Å². The Balaban J connectivity index is 2.77. The predicted molar refractivity (Wildman–Crippen MR) is 59.6 cm³/mol. The number of likely N-dealkylation sites (N-methyl/N-ethyl adjacent to an activating group) is 1. The largest absolute Gasteiger partial charge is 0.357 e. The zero-order valence-corrected chi connectivity index (χ0v) is 9.60. The van der Waals surface area contributed by atoms with Gasteiger partial charge in [-0.05, 0) is 38.0 Å². The molecule has 0 radical (unpaired) electrons. The summed E-state index contributed by atoms with van der Waals surface area (Å²) in [7, 11) is 4.05. The fourth-order valence-corrected chi connectivity index (χ4v) is 2.52. The average Bonchev–Trinajstić information content (AvgIpc) is 2.52. The third-order valence-corrected chi connectivity index (χ3v) is 3.34. The fourth-order valence-electron chi connectivity index (χ4n) is 1.40. The second-order valence-corrected chi connectivity index (χ2v) is 4.42. The number of carbonyl (C=O) groups excluding carboxylic acids is 1. The molecule has 0 aliphatic rings. The first-order valence-corrected chi connectivity index (χ1v) is 5.42. The topological polar surface area (TPSA) is 32.3 Å². The van der Waals surface area contributed by atoms with Crippen molar-refractivity contribution in [1.82, 2.24) is 10.2 Å². The monoisotopic (exact) mass is 212 g/mol. The Morgan fingerprint density at radius 1 is 1.64 bits per heavy atom. The first kappa shape index (κ1) is 11.2. The maximum absolute atomic E-state index is 10.3. The maximum atomic E-state index is 10.3. The number of carbonyl (C=O) groups is 1. The zero-order valence-electron chi connectivity index (χ0n) is 8.78. The van der Waals surface area contributed by atoms with Crippen LogP contribution in [0.15, 0.2) is 11.4 Å². The van der Waals surface area contributed by atoms with Gasteiger partial charge in [-0.1, -0.05) is 0 Å².